The van der Waals surface area contributed by atoms with Crippen LogP contribution in [0.4, 0.5) is 0 Å². The zero-order valence-electron chi connectivity index (χ0n) is 15.8. The van der Waals surface area contributed by atoms with Gasteiger partial charge in [-0.3, -0.25) is 4.79 Å². The Morgan fingerprint density at radius 2 is 2.12 bits per heavy atom. The smallest absolute Gasteiger partial charge is 0.263 e. The van der Waals surface area contributed by atoms with E-state index < -0.39 is 0 Å². The Balaban J connectivity index is 2.15. The van der Waals surface area contributed by atoms with E-state index in [9.17, 15) is 9.90 Å². The minimum Gasteiger partial charge on any atom is -0.394 e. The number of hydrogen-bond donors (Lipinski definition) is 2. The zero-order valence-corrected chi connectivity index (χ0v) is 16.7. The lowest BCUT2D eigenvalue weighted by Crippen LogP contribution is -2.36. The van der Waals surface area contributed by atoms with Crippen molar-refractivity contribution in [2.24, 2.45) is 0 Å². The minimum absolute atomic E-state index is 0.0693. The molecular weight excluding hydrogens is 350 g/mol. The van der Waals surface area contributed by atoms with Gasteiger partial charge in [-0.2, -0.15) is 0 Å². The number of aromatic nitrogens is 2. The quantitative estimate of drug-likeness (QED) is 0.694. The first-order valence-electron chi connectivity index (χ1n) is 9.02. The number of carbonyl (C=O) groups is 1. The molecule has 6 nitrogen and oxygen atoms in total. The third-order valence-corrected chi connectivity index (χ3v) is 5.33. The molecular formula is C19H27N3O3S. The third-order valence-electron chi connectivity index (χ3n) is 4.21. The molecule has 0 aliphatic rings. The van der Waals surface area contributed by atoms with Crippen LogP contribution in [0.1, 0.15) is 70.5 Å². The molecule has 0 aliphatic carbocycles. The molecule has 0 bridgehead atoms. The van der Waals surface area contributed by atoms with Crippen molar-refractivity contribution in [3.63, 3.8) is 0 Å². The van der Waals surface area contributed by atoms with Crippen molar-refractivity contribution < 1.29 is 14.4 Å². The van der Waals surface area contributed by atoms with Gasteiger partial charge >= 0.3 is 0 Å². The molecule has 2 aromatic rings. The van der Waals surface area contributed by atoms with E-state index in [1.807, 2.05) is 32.9 Å². The molecule has 142 valence electrons. The van der Waals surface area contributed by atoms with Crippen LogP contribution in [0.2, 0.25) is 0 Å². The van der Waals surface area contributed by atoms with Crippen molar-refractivity contribution in [3.05, 3.63) is 32.6 Å². The largest absolute Gasteiger partial charge is 0.394 e. The standard InChI is InChI=1S/C19H27N3O3S/c1-5-7-8-16-15(13(4)25-22-16)9-10-17-20-12(3)18(26-17)19(24)21-14(6-2)11-23/h9-10,14,23H,5-8,11H2,1-4H3,(H,21,24)/b10-9+. The summed E-state index contributed by atoms with van der Waals surface area (Å²) in [5.74, 6) is 0.595. The van der Waals surface area contributed by atoms with Crippen molar-refractivity contribution >= 4 is 29.4 Å². The van der Waals surface area contributed by atoms with Crippen molar-refractivity contribution in [3.8, 4) is 0 Å². The minimum atomic E-state index is -0.233. The lowest BCUT2D eigenvalue weighted by atomic mass is 10.1. The number of amides is 1. The zero-order chi connectivity index (χ0) is 19.1. The second-order valence-electron chi connectivity index (χ2n) is 6.26. The SMILES string of the molecule is CCCCc1noc(C)c1/C=C/c1nc(C)c(C(=O)NC(CC)CO)s1. The first-order valence-corrected chi connectivity index (χ1v) is 9.84. The van der Waals surface area contributed by atoms with Gasteiger partial charge in [0.2, 0.25) is 0 Å². The van der Waals surface area contributed by atoms with E-state index in [1.165, 1.54) is 11.3 Å². The highest BCUT2D eigenvalue weighted by molar-refractivity contribution is 7.14. The number of thiazole rings is 1. The van der Waals surface area contributed by atoms with E-state index in [1.54, 1.807) is 0 Å². The third kappa shape index (κ3) is 5.02. The Bertz CT molecular complexity index is 760. The van der Waals surface area contributed by atoms with Gasteiger partial charge in [0.05, 0.1) is 24.0 Å². The summed E-state index contributed by atoms with van der Waals surface area (Å²) in [5.41, 5.74) is 2.64. The molecule has 2 rings (SSSR count). The van der Waals surface area contributed by atoms with Gasteiger partial charge in [0.25, 0.3) is 5.91 Å². The Kier molecular flexibility index (Phi) is 7.53. The van der Waals surface area contributed by atoms with Gasteiger partial charge in [-0.1, -0.05) is 25.4 Å². The summed E-state index contributed by atoms with van der Waals surface area (Å²) in [4.78, 5) is 17.4. The maximum absolute atomic E-state index is 12.4. The van der Waals surface area contributed by atoms with E-state index in [0.717, 1.165) is 41.3 Å². The number of aliphatic hydroxyl groups is 1. The number of aliphatic hydroxyl groups excluding tert-OH is 1. The summed E-state index contributed by atoms with van der Waals surface area (Å²) in [5, 5.41) is 17.0. The Hall–Kier alpha value is -1.99. The molecule has 7 heteroatoms. The van der Waals surface area contributed by atoms with Gasteiger partial charge < -0.3 is 14.9 Å². The maximum Gasteiger partial charge on any atom is 0.263 e. The number of rotatable bonds is 9. The van der Waals surface area contributed by atoms with Crippen LogP contribution in [0.15, 0.2) is 4.52 Å². The highest BCUT2D eigenvalue weighted by Gasteiger charge is 2.17. The van der Waals surface area contributed by atoms with Gasteiger partial charge in [-0.25, -0.2) is 4.98 Å². The predicted molar refractivity (Wildman–Crippen MR) is 104 cm³/mol. The predicted octanol–water partition coefficient (Wildman–Crippen LogP) is 3.76. The fourth-order valence-electron chi connectivity index (χ4n) is 2.54. The van der Waals surface area contributed by atoms with Crippen molar-refractivity contribution in [1.29, 1.82) is 0 Å². The van der Waals surface area contributed by atoms with E-state index in [-0.39, 0.29) is 18.6 Å². The number of unbranched alkanes of at least 4 members (excludes halogenated alkanes) is 1. The Labute approximate surface area is 158 Å². The fraction of sp³-hybridized carbons (Fsp3) is 0.526. The van der Waals surface area contributed by atoms with E-state index in [0.29, 0.717) is 17.0 Å². The molecule has 2 aromatic heterocycles. The molecule has 0 fully saturated rings. The highest BCUT2D eigenvalue weighted by Crippen LogP contribution is 2.23. The monoisotopic (exact) mass is 377 g/mol. The average molecular weight is 378 g/mol. The number of aryl methyl sites for hydroxylation is 3. The van der Waals surface area contributed by atoms with E-state index >= 15 is 0 Å². The maximum atomic E-state index is 12.4. The lowest BCUT2D eigenvalue weighted by Gasteiger charge is -2.12. The summed E-state index contributed by atoms with van der Waals surface area (Å²) < 4.78 is 5.31. The van der Waals surface area contributed by atoms with Crippen LogP contribution < -0.4 is 5.32 Å². The second kappa shape index (κ2) is 9.64. The number of carbonyl (C=O) groups excluding carboxylic acids is 1. The number of hydrogen-bond acceptors (Lipinski definition) is 6. The van der Waals surface area contributed by atoms with Crippen LogP contribution in [-0.2, 0) is 6.42 Å². The topological polar surface area (TPSA) is 88.2 Å². The molecule has 0 radical (unpaired) electrons. The van der Waals surface area contributed by atoms with Gasteiger partial charge in [0.1, 0.15) is 15.6 Å². The van der Waals surface area contributed by atoms with Gasteiger partial charge in [-0.05, 0) is 45.3 Å². The van der Waals surface area contributed by atoms with Gasteiger partial charge in [0.15, 0.2) is 0 Å². The Morgan fingerprint density at radius 3 is 2.77 bits per heavy atom. The molecule has 1 atom stereocenters. The molecule has 1 unspecified atom stereocenters. The molecule has 0 saturated carbocycles. The summed E-state index contributed by atoms with van der Waals surface area (Å²) >= 11 is 1.34. The summed E-state index contributed by atoms with van der Waals surface area (Å²) in [6.45, 7) is 7.72. The molecule has 0 saturated heterocycles. The summed E-state index contributed by atoms with van der Waals surface area (Å²) in [6.07, 6.45) is 7.59. The molecule has 1 amide bonds. The molecule has 0 aromatic carbocycles. The van der Waals surface area contributed by atoms with Crippen LogP contribution in [0, 0.1) is 13.8 Å². The van der Waals surface area contributed by atoms with Crippen molar-refractivity contribution in [2.75, 3.05) is 6.61 Å². The van der Waals surface area contributed by atoms with Crippen LogP contribution in [0.5, 0.6) is 0 Å². The Morgan fingerprint density at radius 1 is 1.35 bits per heavy atom. The number of nitrogens with zero attached hydrogens (tertiary/aromatic N) is 2. The van der Waals surface area contributed by atoms with E-state index in [4.69, 9.17) is 4.52 Å². The molecule has 0 spiro atoms. The first-order chi connectivity index (χ1) is 12.5. The van der Waals surface area contributed by atoms with Gasteiger partial charge in [0, 0.05) is 5.56 Å². The lowest BCUT2D eigenvalue weighted by molar-refractivity contribution is 0.0918. The van der Waals surface area contributed by atoms with Gasteiger partial charge in [-0.15, -0.1) is 11.3 Å². The summed E-state index contributed by atoms with van der Waals surface area (Å²) in [7, 11) is 0. The molecule has 2 heterocycles. The average Bonchev–Trinajstić information content (AvgIpc) is 3.18. The van der Waals surface area contributed by atoms with Crippen LogP contribution in [-0.4, -0.2) is 33.8 Å². The number of nitrogens with one attached hydrogen (secondary N) is 1. The first kappa shape index (κ1) is 20.3. The molecule has 0 aliphatic heterocycles. The normalized spacial score (nSPS) is 12.7. The van der Waals surface area contributed by atoms with Crippen LogP contribution in [0.3, 0.4) is 0 Å². The van der Waals surface area contributed by atoms with Crippen molar-refractivity contribution in [2.45, 2.75) is 59.4 Å². The van der Waals surface area contributed by atoms with Crippen LogP contribution in [0.25, 0.3) is 12.2 Å². The molecule has 2 N–H and O–H groups in total. The highest BCUT2D eigenvalue weighted by atomic mass is 32.1. The van der Waals surface area contributed by atoms with E-state index in [2.05, 4.69) is 22.4 Å². The van der Waals surface area contributed by atoms with Crippen LogP contribution >= 0.6 is 11.3 Å². The summed E-state index contributed by atoms with van der Waals surface area (Å²) in [6, 6.07) is -0.233. The fourth-order valence-corrected chi connectivity index (χ4v) is 3.42. The molecule has 26 heavy (non-hydrogen) atoms. The second-order valence-corrected chi connectivity index (χ2v) is 7.29. The van der Waals surface area contributed by atoms with Crippen molar-refractivity contribution in [1.82, 2.24) is 15.5 Å².